The summed E-state index contributed by atoms with van der Waals surface area (Å²) in [7, 11) is 1.37. The lowest BCUT2D eigenvalue weighted by Crippen LogP contribution is -2.30. The maximum atomic E-state index is 11.7. The van der Waals surface area contributed by atoms with Gasteiger partial charge in [0.05, 0.1) is 12.7 Å². The Hall–Kier alpha value is -2.37. The van der Waals surface area contributed by atoms with Crippen molar-refractivity contribution in [3.05, 3.63) is 30.1 Å². The van der Waals surface area contributed by atoms with Crippen molar-refractivity contribution < 1.29 is 14.1 Å². The molecule has 6 heteroatoms. The van der Waals surface area contributed by atoms with E-state index in [0.29, 0.717) is 18.1 Å². The molecule has 106 valence electrons. The number of carbonyl (C=O) groups excluding carboxylic acids is 1. The summed E-state index contributed by atoms with van der Waals surface area (Å²) in [5, 5.41) is 6.93. The molecule has 0 fully saturated rings. The first-order chi connectivity index (χ1) is 9.65. The largest absolute Gasteiger partial charge is 0.467 e. The highest BCUT2D eigenvalue weighted by Gasteiger charge is 2.19. The number of rotatable bonds is 5. The molecule has 0 aliphatic heterocycles. The van der Waals surface area contributed by atoms with E-state index in [-0.39, 0.29) is 5.97 Å². The van der Waals surface area contributed by atoms with E-state index in [4.69, 9.17) is 9.26 Å². The molecule has 2 rings (SSSR count). The minimum absolute atomic E-state index is 0.302. The standard InChI is InChI=1S/C14H17N3O3/c1-4-11(14(18)19-3)16-12-8-6-5-7-10(12)13-15-9(2)17-20-13/h5-8,11,16H,4H2,1-3H3. The molecule has 0 saturated carbocycles. The highest BCUT2D eigenvalue weighted by molar-refractivity contribution is 5.82. The van der Waals surface area contributed by atoms with Crippen LogP contribution in [0.2, 0.25) is 0 Å². The number of nitrogens with one attached hydrogen (secondary N) is 1. The van der Waals surface area contributed by atoms with Gasteiger partial charge in [0, 0.05) is 5.69 Å². The minimum Gasteiger partial charge on any atom is -0.467 e. The van der Waals surface area contributed by atoms with Crippen molar-refractivity contribution in [2.45, 2.75) is 26.3 Å². The lowest BCUT2D eigenvalue weighted by molar-refractivity contribution is -0.141. The molecule has 1 atom stereocenters. The van der Waals surface area contributed by atoms with Crippen LogP contribution in [0.25, 0.3) is 11.5 Å². The quantitative estimate of drug-likeness (QED) is 0.844. The van der Waals surface area contributed by atoms with Crippen LogP contribution in [0.1, 0.15) is 19.2 Å². The lowest BCUT2D eigenvalue weighted by atomic mass is 10.1. The molecule has 0 aliphatic rings. The van der Waals surface area contributed by atoms with E-state index in [1.807, 2.05) is 31.2 Å². The first-order valence-corrected chi connectivity index (χ1v) is 6.39. The second-order valence-electron chi connectivity index (χ2n) is 4.32. The monoisotopic (exact) mass is 275 g/mol. The normalized spacial score (nSPS) is 11.9. The van der Waals surface area contributed by atoms with Crippen molar-refractivity contribution in [1.82, 2.24) is 10.1 Å². The second-order valence-corrected chi connectivity index (χ2v) is 4.32. The van der Waals surface area contributed by atoms with Crippen molar-refractivity contribution in [1.29, 1.82) is 0 Å². The first kappa shape index (κ1) is 14.0. The van der Waals surface area contributed by atoms with Crippen molar-refractivity contribution in [2.75, 3.05) is 12.4 Å². The Bertz CT molecular complexity index is 595. The highest BCUT2D eigenvalue weighted by Crippen LogP contribution is 2.27. The Balaban J connectivity index is 2.30. The number of benzene rings is 1. The number of methoxy groups -OCH3 is 1. The van der Waals surface area contributed by atoms with Gasteiger partial charge in [0.25, 0.3) is 5.89 Å². The van der Waals surface area contributed by atoms with Gasteiger partial charge in [-0.05, 0) is 25.5 Å². The number of aromatic nitrogens is 2. The summed E-state index contributed by atoms with van der Waals surface area (Å²) < 4.78 is 9.95. The fraction of sp³-hybridized carbons (Fsp3) is 0.357. The molecule has 1 aromatic heterocycles. The molecule has 1 unspecified atom stereocenters. The summed E-state index contributed by atoms with van der Waals surface area (Å²) in [5.74, 6) is 0.684. The molecule has 20 heavy (non-hydrogen) atoms. The highest BCUT2D eigenvalue weighted by atomic mass is 16.5. The predicted molar refractivity (Wildman–Crippen MR) is 74.2 cm³/mol. The Labute approximate surface area is 117 Å². The number of ether oxygens (including phenoxy) is 1. The molecule has 2 aromatic rings. The van der Waals surface area contributed by atoms with Crippen LogP contribution in [0.4, 0.5) is 5.69 Å². The van der Waals surface area contributed by atoms with Crippen LogP contribution in [0.15, 0.2) is 28.8 Å². The van der Waals surface area contributed by atoms with Crippen LogP contribution in [0, 0.1) is 6.92 Å². The molecule has 0 saturated heterocycles. The second kappa shape index (κ2) is 6.18. The van der Waals surface area contributed by atoms with E-state index in [9.17, 15) is 4.79 Å². The zero-order valence-electron chi connectivity index (χ0n) is 11.7. The van der Waals surface area contributed by atoms with E-state index in [0.717, 1.165) is 11.3 Å². The SMILES string of the molecule is CCC(Nc1ccccc1-c1nc(C)no1)C(=O)OC. The van der Waals surface area contributed by atoms with Crippen LogP contribution < -0.4 is 5.32 Å². The molecular weight excluding hydrogens is 258 g/mol. The maximum Gasteiger partial charge on any atom is 0.328 e. The van der Waals surface area contributed by atoms with Crippen molar-refractivity contribution in [2.24, 2.45) is 0 Å². The van der Waals surface area contributed by atoms with E-state index in [1.165, 1.54) is 7.11 Å². The summed E-state index contributed by atoms with van der Waals surface area (Å²) >= 11 is 0. The fourth-order valence-corrected chi connectivity index (χ4v) is 1.86. The van der Waals surface area contributed by atoms with Crippen molar-refractivity contribution in [3.63, 3.8) is 0 Å². The lowest BCUT2D eigenvalue weighted by Gasteiger charge is -2.17. The number of hydrogen-bond donors (Lipinski definition) is 1. The van der Waals surface area contributed by atoms with Gasteiger partial charge in [-0.3, -0.25) is 0 Å². The summed E-state index contributed by atoms with van der Waals surface area (Å²) in [5.41, 5.74) is 1.52. The number of esters is 1. The van der Waals surface area contributed by atoms with Crippen LogP contribution in [-0.2, 0) is 9.53 Å². The van der Waals surface area contributed by atoms with Gasteiger partial charge in [-0.25, -0.2) is 4.79 Å². The summed E-state index contributed by atoms with van der Waals surface area (Å²) in [6.07, 6.45) is 0.615. The van der Waals surface area contributed by atoms with Gasteiger partial charge in [-0.15, -0.1) is 0 Å². The van der Waals surface area contributed by atoms with E-state index in [2.05, 4.69) is 15.5 Å². The van der Waals surface area contributed by atoms with Gasteiger partial charge < -0.3 is 14.6 Å². The first-order valence-electron chi connectivity index (χ1n) is 6.39. The average molecular weight is 275 g/mol. The summed E-state index contributed by atoms with van der Waals surface area (Å²) in [6.45, 7) is 3.67. The Morgan fingerprint density at radius 1 is 1.45 bits per heavy atom. The van der Waals surface area contributed by atoms with Crippen LogP contribution in [0.5, 0.6) is 0 Å². The molecule has 1 aromatic carbocycles. The Kier molecular flexibility index (Phi) is 4.34. The molecule has 1 N–H and O–H groups in total. The van der Waals surface area contributed by atoms with Gasteiger partial charge in [0.1, 0.15) is 6.04 Å². The van der Waals surface area contributed by atoms with Crippen molar-refractivity contribution in [3.8, 4) is 11.5 Å². The average Bonchev–Trinajstić information content (AvgIpc) is 2.90. The van der Waals surface area contributed by atoms with E-state index < -0.39 is 6.04 Å². The number of carbonyl (C=O) groups is 1. The topological polar surface area (TPSA) is 77.3 Å². The number of hydrogen-bond acceptors (Lipinski definition) is 6. The molecule has 6 nitrogen and oxygen atoms in total. The molecular formula is C14H17N3O3. The number of para-hydroxylation sites is 1. The maximum absolute atomic E-state index is 11.7. The van der Waals surface area contributed by atoms with Gasteiger partial charge in [-0.1, -0.05) is 24.2 Å². The number of anilines is 1. The molecule has 1 heterocycles. The fourth-order valence-electron chi connectivity index (χ4n) is 1.86. The number of nitrogens with zero attached hydrogens (tertiary/aromatic N) is 2. The smallest absolute Gasteiger partial charge is 0.328 e. The molecule has 0 bridgehead atoms. The van der Waals surface area contributed by atoms with Gasteiger partial charge >= 0.3 is 5.97 Å². The zero-order chi connectivity index (χ0) is 14.5. The van der Waals surface area contributed by atoms with E-state index >= 15 is 0 Å². The third kappa shape index (κ3) is 2.96. The van der Waals surface area contributed by atoms with Gasteiger partial charge in [-0.2, -0.15) is 4.98 Å². The van der Waals surface area contributed by atoms with E-state index in [1.54, 1.807) is 6.92 Å². The molecule has 0 radical (unpaired) electrons. The van der Waals surface area contributed by atoms with Gasteiger partial charge in [0.2, 0.25) is 0 Å². The molecule has 0 spiro atoms. The van der Waals surface area contributed by atoms with Crippen LogP contribution in [0.3, 0.4) is 0 Å². The molecule has 0 amide bonds. The Morgan fingerprint density at radius 2 is 2.20 bits per heavy atom. The Morgan fingerprint density at radius 3 is 2.80 bits per heavy atom. The minimum atomic E-state index is -0.412. The van der Waals surface area contributed by atoms with Gasteiger partial charge in [0.15, 0.2) is 5.82 Å². The zero-order valence-corrected chi connectivity index (χ0v) is 11.7. The van der Waals surface area contributed by atoms with Crippen LogP contribution >= 0.6 is 0 Å². The van der Waals surface area contributed by atoms with Crippen LogP contribution in [-0.4, -0.2) is 29.3 Å². The summed E-state index contributed by atoms with van der Waals surface area (Å²) in [6, 6.07) is 7.06. The third-order valence-corrected chi connectivity index (χ3v) is 2.91. The van der Waals surface area contributed by atoms with Crippen molar-refractivity contribution >= 4 is 11.7 Å². The molecule has 0 aliphatic carbocycles. The summed E-state index contributed by atoms with van der Waals surface area (Å²) in [4.78, 5) is 15.9. The third-order valence-electron chi connectivity index (χ3n) is 2.91. The number of aryl methyl sites for hydroxylation is 1. The predicted octanol–water partition coefficient (Wildman–Crippen LogP) is 2.41.